The number of primary amides is 1. The standard InChI is InChI=1S/C21H19N5O2S/c1-12-10-15-14(19(22)27)5-2-6-17(15)26(12)21-24-16-7-8-28-18(16)20(25-21)23-11-13-4-3-9-29-13/h2-6,9-10H,7-8,11H2,1H3,(H2,22,27)(H,23,24,25). The highest BCUT2D eigenvalue weighted by atomic mass is 32.1. The summed E-state index contributed by atoms with van der Waals surface area (Å²) < 4.78 is 7.74. The third-order valence-corrected chi connectivity index (χ3v) is 5.89. The summed E-state index contributed by atoms with van der Waals surface area (Å²) in [6, 6.07) is 11.6. The molecule has 0 radical (unpaired) electrons. The summed E-state index contributed by atoms with van der Waals surface area (Å²) in [5, 5.41) is 6.24. The Bertz CT molecular complexity index is 1230. The molecule has 7 nitrogen and oxygen atoms in total. The summed E-state index contributed by atoms with van der Waals surface area (Å²) >= 11 is 1.69. The number of carbonyl (C=O) groups excluding carboxylic acids is 1. The van der Waals surface area contributed by atoms with E-state index in [-0.39, 0.29) is 0 Å². The van der Waals surface area contributed by atoms with Crippen molar-refractivity contribution in [1.82, 2.24) is 14.5 Å². The molecule has 0 spiro atoms. The lowest BCUT2D eigenvalue weighted by Crippen LogP contribution is -2.11. The van der Waals surface area contributed by atoms with E-state index in [4.69, 9.17) is 20.4 Å². The first-order valence-corrected chi connectivity index (χ1v) is 10.2. The number of hydrogen-bond acceptors (Lipinski definition) is 6. The minimum Gasteiger partial charge on any atom is -0.487 e. The number of amides is 1. The van der Waals surface area contributed by atoms with Crippen molar-refractivity contribution in [2.24, 2.45) is 5.73 Å². The zero-order valence-electron chi connectivity index (χ0n) is 15.8. The number of nitrogens with one attached hydrogen (secondary N) is 1. The molecule has 8 heteroatoms. The average molecular weight is 405 g/mol. The van der Waals surface area contributed by atoms with Gasteiger partial charge < -0.3 is 15.8 Å². The molecule has 0 unspecified atom stereocenters. The maximum absolute atomic E-state index is 11.8. The molecule has 4 heterocycles. The van der Waals surface area contributed by atoms with Crippen LogP contribution in [0.5, 0.6) is 5.75 Å². The summed E-state index contributed by atoms with van der Waals surface area (Å²) in [6.45, 7) is 3.23. The van der Waals surface area contributed by atoms with E-state index in [0.717, 1.165) is 34.5 Å². The fraction of sp³-hybridized carbons (Fsp3) is 0.190. The highest BCUT2D eigenvalue weighted by Crippen LogP contribution is 2.34. The van der Waals surface area contributed by atoms with Gasteiger partial charge in [-0.3, -0.25) is 9.36 Å². The van der Waals surface area contributed by atoms with E-state index in [0.29, 0.717) is 30.5 Å². The van der Waals surface area contributed by atoms with Crippen molar-refractivity contribution < 1.29 is 9.53 Å². The zero-order chi connectivity index (χ0) is 20.0. The van der Waals surface area contributed by atoms with E-state index in [1.807, 2.05) is 35.8 Å². The molecule has 0 saturated heterocycles. The molecule has 0 fully saturated rings. The molecule has 0 bridgehead atoms. The summed E-state index contributed by atoms with van der Waals surface area (Å²) in [6.07, 6.45) is 0.739. The molecule has 0 saturated carbocycles. The van der Waals surface area contributed by atoms with Crippen molar-refractivity contribution >= 4 is 34.0 Å². The van der Waals surface area contributed by atoms with Crippen LogP contribution in [0.25, 0.3) is 16.9 Å². The van der Waals surface area contributed by atoms with Gasteiger partial charge in [0.1, 0.15) is 0 Å². The van der Waals surface area contributed by atoms with Gasteiger partial charge in [0.2, 0.25) is 11.9 Å². The minimum absolute atomic E-state index is 0.450. The lowest BCUT2D eigenvalue weighted by molar-refractivity contribution is 0.100. The molecule has 4 aromatic rings. The second kappa shape index (κ2) is 6.89. The van der Waals surface area contributed by atoms with Crippen LogP contribution in [0, 0.1) is 6.92 Å². The third-order valence-electron chi connectivity index (χ3n) is 5.01. The summed E-state index contributed by atoms with van der Waals surface area (Å²) in [7, 11) is 0. The third kappa shape index (κ3) is 3.01. The largest absolute Gasteiger partial charge is 0.487 e. The van der Waals surface area contributed by atoms with Crippen molar-refractivity contribution in [3.63, 3.8) is 0 Å². The number of carbonyl (C=O) groups is 1. The van der Waals surface area contributed by atoms with Crippen molar-refractivity contribution in [3.8, 4) is 11.7 Å². The molecule has 0 atom stereocenters. The van der Waals surface area contributed by atoms with Gasteiger partial charge in [0.05, 0.1) is 24.4 Å². The van der Waals surface area contributed by atoms with Crippen LogP contribution in [-0.2, 0) is 13.0 Å². The van der Waals surface area contributed by atoms with E-state index in [2.05, 4.69) is 16.8 Å². The number of nitrogens with two attached hydrogens (primary N) is 1. The average Bonchev–Trinajstić information content (AvgIpc) is 3.44. The van der Waals surface area contributed by atoms with Crippen molar-refractivity contribution in [3.05, 3.63) is 63.6 Å². The molecule has 0 aliphatic carbocycles. The predicted molar refractivity (Wildman–Crippen MR) is 113 cm³/mol. The Labute approximate surface area is 171 Å². The molecule has 146 valence electrons. The maximum atomic E-state index is 11.8. The lowest BCUT2D eigenvalue weighted by Gasteiger charge is -2.13. The number of benzene rings is 1. The smallest absolute Gasteiger partial charge is 0.249 e. The van der Waals surface area contributed by atoms with Crippen LogP contribution < -0.4 is 15.8 Å². The van der Waals surface area contributed by atoms with E-state index in [9.17, 15) is 4.79 Å². The molecule has 1 aliphatic rings. The molecule has 3 aromatic heterocycles. The fourth-order valence-corrected chi connectivity index (χ4v) is 4.35. The quantitative estimate of drug-likeness (QED) is 0.530. The highest BCUT2D eigenvalue weighted by molar-refractivity contribution is 7.09. The van der Waals surface area contributed by atoms with Gasteiger partial charge in [0.25, 0.3) is 0 Å². The number of aromatic nitrogens is 3. The van der Waals surface area contributed by atoms with Crippen LogP contribution in [0.3, 0.4) is 0 Å². The SMILES string of the molecule is Cc1cc2c(C(N)=O)cccc2n1-c1nc2c(c(NCc3cccs3)n1)OCC2. The number of ether oxygens (including phenoxy) is 1. The number of aryl methyl sites for hydroxylation is 1. The van der Waals surface area contributed by atoms with Crippen LogP contribution in [-0.4, -0.2) is 27.0 Å². The fourth-order valence-electron chi connectivity index (χ4n) is 3.70. The summed E-state index contributed by atoms with van der Waals surface area (Å²) in [5.74, 6) is 1.51. The molecular formula is C21H19N5O2S. The van der Waals surface area contributed by atoms with Crippen molar-refractivity contribution in [1.29, 1.82) is 0 Å². The van der Waals surface area contributed by atoms with Gasteiger partial charge >= 0.3 is 0 Å². The van der Waals surface area contributed by atoms with Gasteiger partial charge in [-0.1, -0.05) is 12.1 Å². The number of rotatable bonds is 5. The lowest BCUT2D eigenvalue weighted by atomic mass is 10.1. The molecule has 1 aromatic carbocycles. The molecule has 29 heavy (non-hydrogen) atoms. The van der Waals surface area contributed by atoms with Gasteiger partial charge in [-0.25, -0.2) is 4.98 Å². The van der Waals surface area contributed by atoms with Gasteiger partial charge in [0, 0.05) is 27.9 Å². The highest BCUT2D eigenvalue weighted by Gasteiger charge is 2.23. The van der Waals surface area contributed by atoms with Crippen LogP contribution in [0.4, 0.5) is 5.82 Å². The van der Waals surface area contributed by atoms with Crippen molar-refractivity contribution in [2.75, 3.05) is 11.9 Å². The van der Waals surface area contributed by atoms with Gasteiger partial charge in [-0.2, -0.15) is 4.98 Å². The topological polar surface area (TPSA) is 95.1 Å². The number of fused-ring (bicyclic) bond motifs is 2. The second-order valence-electron chi connectivity index (χ2n) is 6.90. The Hall–Kier alpha value is -3.39. The molecule has 3 N–H and O–H groups in total. The maximum Gasteiger partial charge on any atom is 0.249 e. The van der Waals surface area contributed by atoms with Gasteiger partial charge in [-0.15, -0.1) is 11.3 Å². The second-order valence-corrected chi connectivity index (χ2v) is 7.94. The molecule has 1 amide bonds. The normalized spacial score (nSPS) is 12.7. The van der Waals surface area contributed by atoms with Gasteiger partial charge in [0.15, 0.2) is 11.6 Å². The predicted octanol–water partition coefficient (Wildman–Crippen LogP) is 3.44. The van der Waals surface area contributed by atoms with Crippen molar-refractivity contribution in [2.45, 2.75) is 19.9 Å². The monoisotopic (exact) mass is 405 g/mol. The van der Waals surface area contributed by atoms with E-state index >= 15 is 0 Å². The van der Waals surface area contributed by atoms with Crippen LogP contribution >= 0.6 is 11.3 Å². The Morgan fingerprint density at radius 2 is 2.21 bits per heavy atom. The first-order chi connectivity index (χ1) is 14.1. The Morgan fingerprint density at radius 3 is 3.00 bits per heavy atom. The minimum atomic E-state index is -0.450. The molecule has 1 aliphatic heterocycles. The first-order valence-electron chi connectivity index (χ1n) is 9.33. The Kier molecular flexibility index (Phi) is 4.21. The van der Waals surface area contributed by atoms with E-state index in [1.54, 1.807) is 17.4 Å². The van der Waals surface area contributed by atoms with Crippen LogP contribution in [0.15, 0.2) is 41.8 Å². The van der Waals surface area contributed by atoms with Crippen LogP contribution in [0.1, 0.15) is 26.6 Å². The summed E-state index contributed by atoms with van der Waals surface area (Å²) in [5.41, 5.74) is 8.71. The first kappa shape index (κ1) is 17.7. The number of nitrogens with zero attached hydrogens (tertiary/aromatic N) is 3. The summed E-state index contributed by atoms with van der Waals surface area (Å²) in [4.78, 5) is 22.6. The van der Waals surface area contributed by atoms with E-state index in [1.165, 1.54) is 4.88 Å². The molecule has 5 rings (SSSR count). The Balaban J connectivity index is 1.63. The Morgan fingerprint density at radius 1 is 1.31 bits per heavy atom. The van der Waals surface area contributed by atoms with Gasteiger partial charge in [-0.05, 0) is 36.6 Å². The van der Waals surface area contributed by atoms with E-state index < -0.39 is 5.91 Å². The number of anilines is 1. The number of hydrogen-bond donors (Lipinski definition) is 2. The van der Waals surface area contributed by atoms with Crippen LogP contribution in [0.2, 0.25) is 0 Å². The number of thiophene rings is 1. The zero-order valence-corrected chi connectivity index (χ0v) is 16.6. The molecular weight excluding hydrogens is 386 g/mol.